The number of nitrogens with zero attached hydrogens (tertiary/aromatic N) is 3. The maximum Gasteiger partial charge on any atom is 0.272 e. The molecule has 36 heavy (non-hydrogen) atoms. The topological polar surface area (TPSA) is 70.4 Å². The number of benzene rings is 2. The van der Waals surface area contributed by atoms with E-state index < -0.39 is 11.1 Å². The highest BCUT2D eigenvalue weighted by Crippen LogP contribution is 2.37. The molecule has 0 atom stereocenters. The van der Waals surface area contributed by atoms with E-state index in [4.69, 9.17) is 5.10 Å². The highest BCUT2D eigenvalue weighted by Gasteiger charge is 2.45. The minimum Gasteiger partial charge on any atom is -0.348 e. The number of carbonyl (C=O) groups excluding carboxylic acids is 1. The maximum atomic E-state index is 13.4. The third kappa shape index (κ3) is 6.23. The number of carbonyl (C=O) groups is 1. The molecule has 1 saturated heterocycles. The van der Waals surface area contributed by atoms with Crippen LogP contribution < -0.4 is 5.32 Å². The molecule has 1 aromatic heterocycles. The Labute approximate surface area is 217 Å². The number of hydrogen-bond donors (Lipinski definition) is 2. The van der Waals surface area contributed by atoms with Crippen molar-refractivity contribution < 1.29 is 10.0 Å². The van der Waals surface area contributed by atoms with Crippen LogP contribution in [0.2, 0.25) is 0 Å². The maximum absolute atomic E-state index is 13.4. The van der Waals surface area contributed by atoms with Crippen LogP contribution >= 0.6 is 0 Å². The van der Waals surface area contributed by atoms with Crippen molar-refractivity contribution in [2.24, 2.45) is 0 Å². The van der Waals surface area contributed by atoms with Crippen molar-refractivity contribution in [2.75, 3.05) is 0 Å². The molecule has 1 fully saturated rings. The van der Waals surface area contributed by atoms with Gasteiger partial charge in [-0.05, 0) is 59.6 Å². The molecular formula is C30H44N4O2. The van der Waals surface area contributed by atoms with Gasteiger partial charge in [0.05, 0.1) is 11.4 Å². The van der Waals surface area contributed by atoms with Crippen LogP contribution in [0.1, 0.15) is 84.3 Å². The molecule has 0 spiro atoms. The molecule has 1 amide bonds. The molecular weight excluding hydrogens is 448 g/mol. The first-order chi connectivity index (χ1) is 17.1. The van der Waals surface area contributed by atoms with Gasteiger partial charge >= 0.3 is 0 Å². The normalized spacial score (nSPS) is 16.7. The van der Waals surface area contributed by atoms with Crippen molar-refractivity contribution >= 4 is 5.91 Å². The fourth-order valence-electron chi connectivity index (χ4n) is 5.03. The summed E-state index contributed by atoms with van der Waals surface area (Å²) < 4.78 is 1.85. The fourth-order valence-corrected chi connectivity index (χ4v) is 5.03. The fraction of sp³-hybridized carbons (Fsp3) is 0.467. The third-order valence-corrected chi connectivity index (χ3v) is 6.36. The second-order valence-corrected chi connectivity index (χ2v) is 9.95. The zero-order chi connectivity index (χ0) is 27.1. The second kappa shape index (κ2) is 12.3. The van der Waals surface area contributed by atoms with Crippen LogP contribution in [0.3, 0.4) is 0 Å². The van der Waals surface area contributed by atoms with E-state index in [0.29, 0.717) is 18.5 Å². The lowest BCUT2D eigenvalue weighted by atomic mass is 9.79. The van der Waals surface area contributed by atoms with Crippen molar-refractivity contribution in [3.63, 3.8) is 0 Å². The molecule has 0 radical (unpaired) electrons. The summed E-state index contributed by atoms with van der Waals surface area (Å²) in [5, 5.41) is 19.9. The van der Waals surface area contributed by atoms with E-state index in [-0.39, 0.29) is 11.9 Å². The Hall–Kier alpha value is -2.96. The first-order valence-electron chi connectivity index (χ1n) is 13.1. The van der Waals surface area contributed by atoms with E-state index in [1.807, 2.05) is 128 Å². The zero-order valence-electron chi connectivity index (χ0n) is 23.5. The number of nitrogens with one attached hydrogen (secondary N) is 1. The van der Waals surface area contributed by atoms with Crippen LogP contribution in [0.5, 0.6) is 0 Å². The molecule has 0 unspecified atom stereocenters. The molecule has 3 aromatic rings. The van der Waals surface area contributed by atoms with Crippen LogP contribution in [0.25, 0.3) is 16.9 Å². The van der Waals surface area contributed by atoms with E-state index in [1.165, 1.54) is 5.06 Å². The van der Waals surface area contributed by atoms with E-state index in [2.05, 4.69) is 5.32 Å². The van der Waals surface area contributed by atoms with Crippen molar-refractivity contribution in [2.45, 2.75) is 92.3 Å². The predicted octanol–water partition coefficient (Wildman–Crippen LogP) is 7.04. The van der Waals surface area contributed by atoms with Gasteiger partial charge in [0.1, 0.15) is 0 Å². The summed E-state index contributed by atoms with van der Waals surface area (Å²) in [5.74, 6) is -0.183. The number of amides is 1. The molecule has 0 saturated carbocycles. The minimum absolute atomic E-state index is 0.0580. The summed E-state index contributed by atoms with van der Waals surface area (Å²) in [5.41, 5.74) is 3.22. The van der Waals surface area contributed by atoms with Crippen molar-refractivity contribution in [3.8, 4) is 16.9 Å². The third-order valence-electron chi connectivity index (χ3n) is 6.36. The molecule has 2 aromatic carbocycles. The SMILES string of the molecule is CC.CC.Cc1c(C(=O)NC2CC(C)(C)N(O)C(C)(C)C2)nn(-c2ccccc2)c1-c1ccccc1. The summed E-state index contributed by atoms with van der Waals surface area (Å²) in [6, 6.07) is 19.8. The number of hydrogen-bond acceptors (Lipinski definition) is 4. The molecule has 0 aliphatic carbocycles. The van der Waals surface area contributed by atoms with Crippen molar-refractivity contribution in [3.05, 3.63) is 71.9 Å². The summed E-state index contributed by atoms with van der Waals surface area (Å²) in [6.07, 6.45) is 1.31. The molecule has 1 aliphatic rings. The van der Waals surface area contributed by atoms with E-state index in [9.17, 15) is 10.0 Å². The largest absolute Gasteiger partial charge is 0.348 e. The average Bonchev–Trinajstić information content (AvgIpc) is 3.23. The lowest BCUT2D eigenvalue weighted by molar-refractivity contribution is -0.245. The Morgan fingerprint density at radius 3 is 1.86 bits per heavy atom. The standard InChI is InChI=1S/C26H32N4O2.2C2H6/c1-18-22(24(31)27-20-16-25(2,3)30(32)26(4,5)17-20)28-29(21-14-10-7-11-15-21)23(18)19-12-8-6-9-13-19;2*1-2/h6-15,20,32H,16-17H2,1-5H3,(H,27,31);2*1-2H3. The summed E-state index contributed by atoms with van der Waals surface area (Å²) in [7, 11) is 0. The first kappa shape index (κ1) is 29.3. The van der Waals surface area contributed by atoms with E-state index in [1.54, 1.807) is 0 Å². The van der Waals surface area contributed by atoms with Crippen molar-refractivity contribution in [1.29, 1.82) is 0 Å². The zero-order valence-corrected chi connectivity index (χ0v) is 23.5. The van der Waals surface area contributed by atoms with Gasteiger partial charge in [-0.3, -0.25) is 4.79 Å². The molecule has 4 rings (SSSR count). The summed E-state index contributed by atoms with van der Waals surface area (Å²) >= 11 is 0. The molecule has 2 heterocycles. The van der Waals surface area contributed by atoms with Crippen LogP contribution in [0, 0.1) is 6.92 Å². The highest BCUT2D eigenvalue weighted by atomic mass is 16.5. The second-order valence-electron chi connectivity index (χ2n) is 9.95. The average molecular weight is 493 g/mol. The predicted molar refractivity (Wildman–Crippen MR) is 149 cm³/mol. The molecule has 6 nitrogen and oxygen atoms in total. The van der Waals surface area contributed by atoms with Gasteiger partial charge < -0.3 is 10.5 Å². The van der Waals surface area contributed by atoms with Gasteiger partial charge in [0.25, 0.3) is 5.91 Å². The Morgan fingerprint density at radius 1 is 0.889 bits per heavy atom. The minimum atomic E-state index is -0.437. The molecule has 196 valence electrons. The Kier molecular flexibility index (Phi) is 10.0. The Morgan fingerprint density at radius 2 is 1.36 bits per heavy atom. The highest BCUT2D eigenvalue weighted by molar-refractivity contribution is 5.96. The van der Waals surface area contributed by atoms with Gasteiger partial charge in [-0.25, -0.2) is 4.68 Å². The first-order valence-corrected chi connectivity index (χ1v) is 13.1. The van der Waals surface area contributed by atoms with Gasteiger partial charge in [-0.2, -0.15) is 10.2 Å². The van der Waals surface area contributed by atoms with Gasteiger partial charge in [-0.1, -0.05) is 76.2 Å². The monoisotopic (exact) mass is 492 g/mol. The summed E-state index contributed by atoms with van der Waals surface area (Å²) in [4.78, 5) is 13.4. The molecule has 6 heteroatoms. The summed E-state index contributed by atoms with van der Waals surface area (Å²) in [6.45, 7) is 17.9. The number of rotatable bonds is 4. The van der Waals surface area contributed by atoms with Crippen LogP contribution in [-0.4, -0.2) is 43.1 Å². The smallest absolute Gasteiger partial charge is 0.272 e. The molecule has 0 bridgehead atoms. The van der Waals surface area contributed by atoms with Crippen LogP contribution in [0.4, 0.5) is 0 Å². The molecule has 1 aliphatic heterocycles. The lowest BCUT2D eigenvalue weighted by Crippen LogP contribution is -2.63. The van der Waals surface area contributed by atoms with Crippen LogP contribution in [-0.2, 0) is 0 Å². The quantitative estimate of drug-likeness (QED) is 0.410. The Bertz CT molecular complexity index is 1090. The van der Waals surface area contributed by atoms with Gasteiger partial charge in [-0.15, -0.1) is 0 Å². The van der Waals surface area contributed by atoms with Gasteiger partial charge in [0, 0.05) is 28.2 Å². The Balaban J connectivity index is 0.00000109. The van der Waals surface area contributed by atoms with Crippen molar-refractivity contribution in [1.82, 2.24) is 20.2 Å². The number of piperidine rings is 1. The molecule has 2 N–H and O–H groups in total. The van der Waals surface area contributed by atoms with Crippen LogP contribution in [0.15, 0.2) is 60.7 Å². The number of hydroxylamine groups is 2. The number of para-hydroxylation sites is 1. The number of aromatic nitrogens is 2. The van der Waals surface area contributed by atoms with E-state index in [0.717, 1.165) is 22.5 Å². The van der Waals surface area contributed by atoms with Gasteiger partial charge in [0.2, 0.25) is 0 Å². The van der Waals surface area contributed by atoms with Gasteiger partial charge in [0.15, 0.2) is 5.69 Å². The van der Waals surface area contributed by atoms with E-state index >= 15 is 0 Å². The lowest BCUT2D eigenvalue weighted by Gasteiger charge is -2.51.